The standard InChI is InChI=1S/C7H11NO3/c1-4(2)7(10)6(8-11)5(3)9/h4,6H,1-3H3. The quantitative estimate of drug-likeness (QED) is 0.450. The minimum absolute atomic E-state index is 0.318. The Labute approximate surface area is 64.9 Å². The minimum atomic E-state index is -1.30. The monoisotopic (exact) mass is 157 g/mol. The van der Waals surface area contributed by atoms with Crippen molar-refractivity contribution in [1.29, 1.82) is 0 Å². The maximum absolute atomic E-state index is 11.0. The highest BCUT2D eigenvalue weighted by atomic mass is 16.3. The van der Waals surface area contributed by atoms with Gasteiger partial charge in [-0.2, -0.15) is 0 Å². The van der Waals surface area contributed by atoms with E-state index in [1.165, 1.54) is 6.92 Å². The first kappa shape index (κ1) is 9.94. The summed E-state index contributed by atoms with van der Waals surface area (Å²) in [5.41, 5.74) is 0. The Balaban J connectivity index is 4.39. The Morgan fingerprint density at radius 3 is 1.82 bits per heavy atom. The van der Waals surface area contributed by atoms with Crippen molar-refractivity contribution in [1.82, 2.24) is 0 Å². The van der Waals surface area contributed by atoms with E-state index in [0.717, 1.165) is 0 Å². The highest BCUT2D eigenvalue weighted by Crippen LogP contribution is 2.03. The lowest BCUT2D eigenvalue weighted by Gasteiger charge is -2.05. The fraction of sp³-hybridized carbons (Fsp3) is 0.714. The number of hydrogen-bond acceptors (Lipinski definition) is 4. The van der Waals surface area contributed by atoms with Crippen molar-refractivity contribution in [3.05, 3.63) is 4.91 Å². The molecule has 0 saturated heterocycles. The Hall–Kier alpha value is -1.06. The zero-order valence-electron chi connectivity index (χ0n) is 6.83. The van der Waals surface area contributed by atoms with E-state index in [9.17, 15) is 14.5 Å². The second-order valence-electron chi connectivity index (χ2n) is 2.68. The van der Waals surface area contributed by atoms with Crippen LogP contribution in [0.5, 0.6) is 0 Å². The Kier molecular flexibility index (Phi) is 3.57. The van der Waals surface area contributed by atoms with Gasteiger partial charge in [-0.05, 0) is 6.92 Å². The van der Waals surface area contributed by atoms with Gasteiger partial charge in [-0.25, -0.2) is 0 Å². The van der Waals surface area contributed by atoms with Gasteiger partial charge in [0.15, 0.2) is 11.6 Å². The van der Waals surface area contributed by atoms with E-state index in [2.05, 4.69) is 5.18 Å². The molecule has 0 aromatic rings. The maximum Gasteiger partial charge on any atom is 0.208 e. The molecule has 11 heavy (non-hydrogen) atoms. The van der Waals surface area contributed by atoms with Crippen LogP contribution in [-0.4, -0.2) is 17.6 Å². The number of nitrogens with zero attached hydrogens (tertiary/aromatic N) is 1. The summed E-state index contributed by atoms with van der Waals surface area (Å²) < 4.78 is 0. The minimum Gasteiger partial charge on any atom is -0.297 e. The summed E-state index contributed by atoms with van der Waals surface area (Å²) in [6.07, 6.45) is 0. The first-order valence-electron chi connectivity index (χ1n) is 3.37. The molecule has 0 heterocycles. The SMILES string of the molecule is CC(=O)C(N=O)C(=O)C(C)C. The van der Waals surface area contributed by atoms with Crippen molar-refractivity contribution in [3.8, 4) is 0 Å². The lowest BCUT2D eigenvalue weighted by atomic mass is 10.0. The van der Waals surface area contributed by atoms with Gasteiger partial charge in [-0.3, -0.25) is 9.59 Å². The van der Waals surface area contributed by atoms with Crippen LogP contribution in [0.25, 0.3) is 0 Å². The zero-order chi connectivity index (χ0) is 9.02. The van der Waals surface area contributed by atoms with Crippen molar-refractivity contribution in [3.63, 3.8) is 0 Å². The van der Waals surface area contributed by atoms with E-state index in [-0.39, 0.29) is 5.92 Å². The molecule has 0 amide bonds. The molecule has 4 heteroatoms. The van der Waals surface area contributed by atoms with Crippen LogP contribution in [-0.2, 0) is 9.59 Å². The van der Waals surface area contributed by atoms with Gasteiger partial charge in [0.05, 0.1) is 0 Å². The van der Waals surface area contributed by atoms with E-state index >= 15 is 0 Å². The molecule has 0 fully saturated rings. The number of carbonyl (C=O) groups is 2. The average Bonchev–Trinajstić information content (AvgIpc) is 1.88. The van der Waals surface area contributed by atoms with Crippen molar-refractivity contribution in [2.24, 2.45) is 11.1 Å². The highest BCUT2D eigenvalue weighted by molar-refractivity contribution is 6.06. The third-order valence-electron chi connectivity index (χ3n) is 1.33. The molecule has 0 N–H and O–H groups in total. The van der Waals surface area contributed by atoms with Crippen molar-refractivity contribution in [2.75, 3.05) is 0 Å². The molecule has 62 valence electrons. The molecule has 0 radical (unpaired) electrons. The number of hydrogen-bond donors (Lipinski definition) is 0. The Bertz CT molecular complexity index is 186. The van der Waals surface area contributed by atoms with E-state index in [1.807, 2.05) is 0 Å². The molecule has 0 rings (SSSR count). The summed E-state index contributed by atoms with van der Waals surface area (Å²) >= 11 is 0. The number of ketones is 2. The van der Waals surface area contributed by atoms with Gasteiger partial charge in [0, 0.05) is 5.92 Å². The number of carbonyl (C=O) groups excluding carboxylic acids is 2. The lowest BCUT2D eigenvalue weighted by Crippen LogP contribution is -2.29. The van der Waals surface area contributed by atoms with Gasteiger partial charge < -0.3 is 0 Å². The smallest absolute Gasteiger partial charge is 0.208 e. The molecule has 0 aliphatic heterocycles. The first-order chi connectivity index (χ1) is 5.00. The van der Waals surface area contributed by atoms with Gasteiger partial charge >= 0.3 is 0 Å². The molecular formula is C7H11NO3. The molecule has 0 aliphatic rings. The van der Waals surface area contributed by atoms with Gasteiger partial charge in [-0.1, -0.05) is 19.0 Å². The Morgan fingerprint density at radius 2 is 1.73 bits per heavy atom. The van der Waals surface area contributed by atoms with Crippen molar-refractivity contribution >= 4 is 11.6 Å². The van der Waals surface area contributed by atoms with Crippen LogP contribution >= 0.6 is 0 Å². The molecule has 1 atom stereocenters. The third kappa shape index (κ3) is 2.57. The van der Waals surface area contributed by atoms with Crippen molar-refractivity contribution < 1.29 is 9.59 Å². The predicted octanol–water partition coefficient (Wildman–Crippen LogP) is 0.935. The zero-order valence-corrected chi connectivity index (χ0v) is 6.83. The van der Waals surface area contributed by atoms with Crippen LogP contribution in [0.2, 0.25) is 0 Å². The normalized spacial score (nSPS) is 12.7. The van der Waals surface area contributed by atoms with Gasteiger partial charge in [0.2, 0.25) is 6.04 Å². The van der Waals surface area contributed by atoms with Crippen molar-refractivity contribution in [2.45, 2.75) is 26.8 Å². The topological polar surface area (TPSA) is 63.6 Å². The summed E-state index contributed by atoms with van der Waals surface area (Å²) in [6, 6.07) is -1.30. The molecule has 0 saturated carbocycles. The summed E-state index contributed by atoms with van der Waals surface area (Å²) in [5, 5.41) is 2.46. The predicted molar refractivity (Wildman–Crippen MR) is 40.1 cm³/mol. The van der Waals surface area contributed by atoms with Gasteiger partial charge in [0.1, 0.15) is 0 Å². The fourth-order valence-electron chi connectivity index (χ4n) is 0.642. The Morgan fingerprint density at radius 1 is 1.27 bits per heavy atom. The number of rotatable bonds is 4. The fourth-order valence-corrected chi connectivity index (χ4v) is 0.642. The largest absolute Gasteiger partial charge is 0.297 e. The van der Waals surface area contributed by atoms with Crippen LogP contribution in [0, 0.1) is 10.8 Å². The highest BCUT2D eigenvalue weighted by Gasteiger charge is 2.25. The molecule has 1 unspecified atom stereocenters. The molecular weight excluding hydrogens is 146 g/mol. The van der Waals surface area contributed by atoms with E-state index in [1.54, 1.807) is 13.8 Å². The number of nitroso groups, excluding NO2 is 1. The van der Waals surface area contributed by atoms with Gasteiger partial charge in [0.25, 0.3) is 0 Å². The second kappa shape index (κ2) is 3.95. The maximum atomic E-state index is 11.0. The summed E-state index contributed by atoms with van der Waals surface area (Å²) in [7, 11) is 0. The molecule has 4 nitrogen and oxygen atoms in total. The van der Waals surface area contributed by atoms with Crippen LogP contribution in [0.1, 0.15) is 20.8 Å². The van der Waals surface area contributed by atoms with Crippen LogP contribution in [0.4, 0.5) is 0 Å². The first-order valence-corrected chi connectivity index (χ1v) is 3.37. The van der Waals surface area contributed by atoms with Crippen LogP contribution < -0.4 is 0 Å². The summed E-state index contributed by atoms with van der Waals surface area (Å²) in [5.74, 6) is -1.21. The molecule has 0 bridgehead atoms. The van der Waals surface area contributed by atoms with E-state index < -0.39 is 17.6 Å². The summed E-state index contributed by atoms with van der Waals surface area (Å²) in [6.45, 7) is 4.44. The lowest BCUT2D eigenvalue weighted by molar-refractivity contribution is -0.129. The van der Waals surface area contributed by atoms with Crippen LogP contribution in [0.3, 0.4) is 0 Å². The van der Waals surface area contributed by atoms with Crippen LogP contribution in [0.15, 0.2) is 5.18 Å². The van der Waals surface area contributed by atoms with Gasteiger partial charge in [-0.15, -0.1) is 4.91 Å². The molecule has 0 aromatic heterocycles. The second-order valence-corrected chi connectivity index (χ2v) is 2.68. The van der Waals surface area contributed by atoms with E-state index in [0.29, 0.717) is 0 Å². The molecule has 0 aromatic carbocycles. The molecule has 0 spiro atoms. The average molecular weight is 157 g/mol. The number of Topliss-reactive ketones (excluding diaryl/α,β-unsaturated/α-hetero) is 2. The summed E-state index contributed by atoms with van der Waals surface area (Å²) in [4.78, 5) is 31.6. The van der Waals surface area contributed by atoms with E-state index in [4.69, 9.17) is 0 Å². The molecule has 0 aliphatic carbocycles. The third-order valence-corrected chi connectivity index (χ3v) is 1.33.